The summed E-state index contributed by atoms with van der Waals surface area (Å²) in [5, 5.41) is 0. The van der Waals surface area contributed by atoms with Crippen LogP contribution in [0.4, 0.5) is 26.3 Å². The van der Waals surface area contributed by atoms with Crippen LogP contribution in [0.1, 0.15) is 26.3 Å². The maximum absolute atomic E-state index is 13.8. The van der Waals surface area contributed by atoms with Gasteiger partial charge in [0.05, 0.1) is 18.6 Å². The standard InChI is InChI=1S/C16H16F6O3/c1-7(16(2,3)5-9(17)18)15(23)25-6-8-10(19)12(21)14(24-4)13(22)11(8)20/h5,7H,6H2,1-4H3. The van der Waals surface area contributed by atoms with Crippen LogP contribution in [0.3, 0.4) is 0 Å². The molecule has 1 unspecified atom stereocenters. The average Bonchev–Trinajstić information content (AvgIpc) is 2.51. The Hall–Kier alpha value is -2.19. The van der Waals surface area contributed by atoms with E-state index in [-0.39, 0.29) is 0 Å². The summed E-state index contributed by atoms with van der Waals surface area (Å²) in [6.07, 6.45) is -1.48. The number of hydrogen-bond donors (Lipinski definition) is 0. The zero-order valence-electron chi connectivity index (χ0n) is 13.9. The minimum absolute atomic E-state index is 0.535. The maximum Gasteiger partial charge on any atom is 0.309 e. The molecule has 0 N–H and O–H groups in total. The summed E-state index contributed by atoms with van der Waals surface area (Å²) in [5.41, 5.74) is -2.47. The van der Waals surface area contributed by atoms with E-state index in [0.29, 0.717) is 6.08 Å². The molecule has 0 radical (unpaired) electrons. The Morgan fingerprint density at radius 3 is 1.96 bits per heavy atom. The number of halogens is 6. The van der Waals surface area contributed by atoms with Crippen molar-refractivity contribution in [1.29, 1.82) is 0 Å². The van der Waals surface area contributed by atoms with Gasteiger partial charge in [-0.3, -0.25) is 4.79 Å². The van der Waals surface area contributed by atoms with E-state index in [1.54, 1.807) is 0 Å². The smallest absolute Gasteiger partial charge is 0.309 e. The number of carbonyl (C=O) groups excluding carboxylic acids is 1. The summed E-state index contributed by atoms with van der Waals surface area (Å²) < 4.78 is 88.4. The molecule has 0 amide bonds. The highest BCUT2D eigenvalue weighted by Gasteiger charge is 2.33. The van der Waals surface area contributed by atoms with Gasteiger partial charge in [0.25, 0.3) is 6.08 Å². The number of hydrogen-bond acceptors (Lipinski definition) is 3. The maximum atomic E-state index is 13.8. The van der Waals surface area contributed by atoms with Gasteiger partial charge in [-0.1, -0.05) is 20.8 Å². The lowest BCUT2D eigenvalue weighted by Gasteiger charge is -2.26. The van der Waals surface area contributed by atoms with Crippen molar-refractivity contribution in [3.63, 3.8) is 0 Å². The van der Waals surface area contributed by atoms with E-state index in [0.717, 1.165) is 7.11 Å². The highest BCUT2D eigenvalue weighted by molar-refractivity contribution is 5.73. The fraction of sp³-hybridized carbons (Fsp3) is 0.438. The Morgan fingerprint density at radius 2 is 1.56 bits per heavy atom. The van der Waals surface area contributed by atoms with Crippen molar-refractivity contribution < 1.29 is 40.6 Å². The first-order valence-electron chi connectivity index (χ1n) is 7.03. The molecule has 0 heterocycles. The van der Waals surface area contributed by atoms with Crippen LogP contribution in [0.15, 0.2) is 12.2 Å². The van der Waals surface area contributed by atoms with E-state index in [9.17, 15) is 31.1 Å². The Kier molecular flexibility index (Phi) is 6.50. The fourth-order valence-corrected chi connectivity index (χ4v) is 1.94. The molecule has 140 valence electrons. The van der Waals surface area contributed by atoms with Gasteiger partial charge in [-0.15, -0.1) is 0 Å². The molecule has 1 rings (SSSR count). The Labute approximate surface area is 140 Å². The summed E-state index contributed by atoms with van der Waals surface area (Å²) in [5.74, 6) is -10.5. The highest BCUT2D eigenvalue weighted by atomic mass is 19.3. The quantitative estimate of drug-likeness (QED) is 0.412. The number of esters is 1. The summed E-state index contributed by atoms with van der Waals surface area (Å²) in [7, 11) is 0.821. The number of benzene rings is 1. The molecule has 0 fully saturated rings. The van der Waals surface area contributed by atoms with Crippen LogP contribution >= 0.6 is 0 Å². The van der Waals surface area contributed by atoms with Gasteiger partial charge in [0, 0.05) is 5.41 Å². The fourth-order valence-electron chi connectivity index (χ4n) is 1.94. The van der Waals surface area contributed by atoms with Gasteiger partial charge < -0.3 is 9.47 Å². The van der Waals surface area contributed by atoms with Crippen molar-refractivity contribution in [3.05, 3.63) is 41.0 Å². The molecule has 0 aliphatic heterocycles. The predicted octanol–water partition coefficient (Wildman–Crippen LogP) is 4.74. The van der Waals surface area contributed by atoms with E-state index in [1.165, 1.54) is 20.8 Å². The second-order valence-electron chi connectivity index (χ2n) is 5.85. The van der Waals surface area contributed by atoms with Crippen LogP contribution in [0.25, 0.3) is 0 Å². The molecule has 3 nitrogen and oxygen atoms in total. The number of carbonyl (C=O) groups is 1. The molecule has 9 heteroatoms. The van der Waals surface area contributed by atoms with Crippen LogP contribution in [0.5, 0.6) is 5.75 Å². The zero-order valence-corrected chi connectivity index (χ0v) is 13.9. The lowest BCUT2D eigenvalue weighted by molar-refractivity contribution is -0.152. The van der Waals surface area contributed by atoms with Crippen molar-refractivity contribution in [1.82, 2.24) is 0 Å². The molecule has 0 saturated carbocycles. The normalized spacial score (nSPS) is 12.6. The van der Waals surface area contributed by atoms with Gasteiger partial charge in [0.2, 0.25) is 11.6 Å². The third kappa shape index (κ3) is 4.46. The first kappa shape index (κ1) is 20.9. The molecule has 1 atom stereocenters. The van der Waals surface area contributed by atoms with E-state index < -0.39 is 64.6 Å². The molecule has 0 spiro atoms. The molecular formula is C16H16F6O3. The summed E-state index contributed by atoms with van der Waals surface area (Å²) in [4.78, 5) is 11.9. The van der Waals surface area contributed by atoms with E-state index in [2.05, 4.69) is 9.47 Å². The molecule has 0 saturated heterocycles. The summed E-state index contributed by atoms with van der Waals surface area (Å²) >= 11 is 0. The van der Waals surface area contributed by atoms with Crippen molar-refractivity contribution >= 4 is 5.97 Å². The first-order chi connectivity index (χ1) is 11.4. The van der Waals surface area contributed by atoms with E-state index in [1.807, 2.05) is 0 Å². The van der Waals surface area contributed by atoms with Crippen molar-refractivity contribution in [2.75, 3.05) is 7.11 Å². The van der Waals surface area contributed by atoms with Crippen LogP contribution in [0.2, 0.25) is 0 Å². The SMILES string of the molecule is COc1c(F)c(F)c(COC(=O)C(C)C(C)(C)C=C(F)F)c(F)c1F. The third-order valence-corrected chi connectivity index (χ3v) is 3.83. The lowest BCUT2D eigenvalue weighted by Crippen LogP contribution is -2.29. The van der Waals surface area contributed by atoms with Gasteiger partial charge in [-0.25, -0.2) is 8.78 Å². The third-order valence-electron chi connectivity index (χ3n) is 3.83. The van der Waals surface area contributed by atoms with E-state index in [4.69, 9.17) is 0 Å². The molecule has 0 bridgehead atoms. The molecule has 1 aromatic carbocycles. The topological polar surface area (TPSA) is 35.5 Å². The lowest BCUT2D eigenvalue weighted by atomic mass is 9.80. The van der Waals surface area contributed by atoms with Crippen LogP contribution < -0.4 is 4.74 Å². The largest absolute Gasteiger partial charge is 0.491 e. The summed E-state index contributed by atoms with van der Waals surface area (Å²) in [6, 6.07) is 0. The van der Waals surface area contributed by atoms with Gasteiger partial charge in [0.15, 0.2) is 17.4 Å². The van der Waals surface area contributed by atoms with Crippen molar-refractivity contribution in [2.24, 2.45) is 11.3 Å². The Balaban J connectivity index is 3.03. The van der Waals surface area contributed by atoms with Crippen LogP contribution in [-0.2, 0) is 16.1 Å². The minimum atomic E-state index is -2.01. The average molecular weight is 370 g/mol. The molecule has 0 aliphatic rings. The molecule has 0 aliphatic carbocycles. The van der Waals surface area contributed by atoms with Gasteiger partial charge >= 0.3 is 5.97 Å². The van der Waals surface area contributed by atoms with Crippen molar-refractivity contribution in [3.8, 4) is 5.75 Å². The predicted molar refractivity (Wildman–Crippen MR) is 75.9 cm³/mol. The minimum Gasteiger partial charge on any atom is -0.491 e. The first-order valence-corrected chi connectivity index (χ1v) is 7.03. The molecule has 1 aromatic rings. The monoisotopic (exact) mass is 370 g/mol. The molecular weight excluding hydrogens is 354 g/mol. The van der Waals surface area contributed by atoms with Crippen LogP contribution in [0, 0.1) is 34.6 Å². The summed E-state index contributed by atoms with van der Waals surface area (Å²) in [6.45, 7) is 2.80. The van der Waals surface area contributed by atoms with E-state index >= 15 is 0 Å². The van der Waals surface area contributed by atoms with Gasteiger partial charge in [-0.05, 0) is 6.08 Å². The number of allylic oxidation sites excluding steroid dienone is 1. The van der Waals surface area contributed by atoms with Crippen molar-refractivity contribution in [2.45, 2.75) is 27.4 Å². The number of methoxy groups -OCH3 is 1. The Bertz CT molecular complexity index is 667. The highest BCUT2D eigenvalue weighted by Crippen LogP contribution is 2.33. The zero-order chi connectivity index (χ0) is 19.5. The second kappa shape index (κ2) is 7.79. The van der Waals surface area contributed by atoms with Gasteiger partial charge in [-0.2, -0.15) is 17.6 Å². The van der Waals surface area contributed by atoms with Crippen LogP contribution in [-0.4, -0.2) is 13.1 Å². The van der Waals surface area contributed by atoms with Gasteiger partial charge in [0.1, 0.15) is 6.61 Å². The Morgan fingerprint density at radius 1 is 1.08 bits per heavy atom. The molecule has 25 heavy (non-hydrogen) atoms. The number of rotatable bonds is 6. The second-order valence-corrected chi connectivity index (χ2v) is 5.85. The number of ether oxygens (including phenoxy) is 2. The molecule has 0 aromatic heterocycles.